The van der Waals surface area contributed by atoms with Gasteiger partial charge in [-0.15, -0.1) is 0 Å². The van der Waals surface area contributed by atoms with Crippen molar-refractivity contribution in [3.8, 4) is 0 Å². The van der Waals surface area contributed by atoms with E-state index in [4.69, 9.17) is 0 Å². The molecule has 1 amide bonds. The number of aryl methyl sites for hydroxylation is 1. The molecule has 1 aliphatic heterocycles. The summed E-state index contributed by atoms with van der Waals surface area (Å²) in [6.07, 6.45) is 6.82. The summed E-state index contributed by atoms with van der Waals surface area (Å²) in [6, 6.07) is 0.137. The molecule has 2 fully saturated rings. The summed E-state index contributed by atoms with van der Waals surface area (Å²) >= 11 is 0. The number of carbonyl (C=O) groups excluding carboxylic acids is 1. The number of nitrogens with one attached hydrogen (secondary N) is 1. The molecule has 1 aliphatic carbocycles. The van der Waals surface area contributed by atoms with E-state index in [9.17, 15) is 13.2 Å². The largest absolute Gasteiger partial charge is 0.336 e. The number of hydrogen-bond donors (Lipinski definition) is 1. The van der Waals surface area contributed by atoms with Crippen molar-refractivity contribution in [3.63, 3.8) is 0 Å². The molecule has 0 bridgehead atoms. The third-order valence-electron chi connectivity index (χ3n) is 4.77. The Morgan fingerprint density at radius 1 is 1.35 bits per heavy atom. The van der Waals surface area contributed by atoms with Gasteiger partial charge in [-0.25, -0.2) is 18.1 Å². The van der Waals surface area contributed by atoms with Gasteiger partial charge in [0, 0.05) is 44.4 Å². The van der Waals surface area contributed by atoms with Gasteiger partial charge in [0.05, 0.1) is 11.8 Å². The lowest BCUT2D eigenvalue weighted by molar-refractivity contribution is -0.140. The molecule has 7 nitrogen and oxygen atoms in total. The molecule has 0 aromatic carbocycles. The molecule has 2 atom stereocenters. The first-order valence-electron chi connectivity index (χ1n) is 8.18. The zero-order valence-corrected chi connectivity index (χ0v) is 14.4. The molecule has 1 aromatic rings. The fourth-order valence-electron chi connectivity index (χ4n) is 3.31. The van der Waals surface area contributed by atoms with Gasteiger partial charge in [0.15, 0.2) is 0 Å². The second-order valence-electron chi connectivity index (χ2n) is 6.42. The lowest BCUT2D eigenvalue weighted by atomic mass is 9.88. The average molecular weight is 340 g/mol. The van der Waals surface area contributed by atoms with Crippen molar-refractivity contribution in [2.75, 3.05) is 12.3 Å². The van der Waals surface area contributed by atoms with Crippen LogP contribution in [0.4, 0.5) is 0 Å². The highest BCUT2D eigenvalue weighted by Crippen LogP contribution is 2.42. The van der Waals surface area contributed by atoms with Crippen molar-refractivity contribution >= 4 is 15.9 Å². The maximum absolute atomic E-state index is 12.4. The Labute approximate surface area is 137 Å². The minimum absolute atomic E-state index is 0.0516. The smallest absolute Gasteiger partial charge is 0.223 e. The van der Waals surface area contributed by atoms with E-state index in [1.165, 1.54) is 0 Å². The maximum Gasteiger partial charge on any atom is 0.223 e. The van der Waals surface area contributed by atoms with Crippen molar-refractivity contribution < 1.29 is 13.2 Å². The Kier molecular flexibility index (Phi) is 4.46. The predicted octanol–water partition coefficient (Wildman–Crippen LogP) is 0.801. The number of hydrogen-bond acceptors (Lipinski definition) is 4. The first-order valence-corrected chi connectivity index (χ1v) is 9.84. The van der Waals surface area contributed by atoms with E-state index in [0.717, 1.165) is 18.7 Å². The van der Waals surface area contributed by atoms with Gasteiger partial charge in [-0.1, -0.05) is 0 Å². The summed E-state index contributed by atoms with van der Waals surface area (Å²) in [5.74, 6) is 1.12. The second kappa shape index (κ2) is 6.24. The minimum atomic E-state index is -3.24. The first-order chi connectivity index (χ1) is 10.9. The number of aromatic nitrogens is 2. The molecule has 8 heteroatoms. The Balaban J connectivity index is 1.87. The molecule has 3 rings (SSSR count). The third kappa shape index (κ3) is 3.42. The number of rotatable bonds is 6. The zero-order chi connectivity index (χ0) is 16.6. The summed E-state index contributed by atoms with van der Waals surface area (Å²) < 4.78 is 28.2. The van der Waals surface area contributed by atoms with E-state index in [-0.39, 0.29) is 29.7 Å². The summed E-state index contributed by atoms with van der Waals surface area (Å²) in [6.45, 7) is 1.98. The summed E-state index contributed by atoms with van der Waals surface area (Å²) in [7, 11) is -1.32. The molecular formula is C15H24N4O3S. The number of likely N-dealkylation sites (tertiary alicyclic amines) is 1. The molecule has 23 heavy (non-hydrogen) atoms. The first kappa shape index (κ1) is 16.4. The van der Waals surface area contributed by atoms with E-state index in [2.05, 4.69) is 9.71 Å². The fourth-order valence-corrected chi connectivity index (χ4v) is 3.98. The van der Waals surface area contributed by atoms with Crippen molar-refractivity contribution in [2.24, 2.45) is 13.0 Å². The zero-order valence-electron chi connectivity index (χ0n) is 13.6. The van der Waals surface area contributed by atoms with Crippen molar-refractivity contribution in [2.45, 2.75) is 44.7 Å². The number of nitrogens with zero attached hydrogens (tertiary/aromatic N) is 3. The van der Waals surface area contributed by atoms with E-state index in [1.54, 1.807) is 13.1 Å². The van der Waals surface area contributed by atoms with Crippen LogP contribution in [0.3, 0.4) is 0 Å². The minimum Gasteiger partial charge on any atom is -0.336 e. The van der Waals surface area contributed by atoms with Crippen LogP contribution >= 0.6 is 0 Å². The number of sulfonamides is 1. The normalized spacial score (nSPS) is 25.8. The Morgan fingerprint density at radius 3 is 2.65 bits per heavy atom. The van der Waals surface area contributed by atoms with E-state index in [0.29, 0.717) is 19.4 Å². The predicted molar refractivity (Wildman–Crippen MR) is 86.0 cm³/mol. The SMILES string of the molecule is CCS(=O)(=O)NC[C@H]1CCC(=O)N(C2CC2)[C@@H]1c1nccn1C. The number of imidazole rings is 1. The van der Waals surface area contributed by atoms with E-state index in [1.807, 2.05) is 22.7 Å². The topological polar surface area (TPSA) is 84.3 Å². The molecule has 128 valence electrons. The molecule has 1 saturated heterocycles. The van der Waals surface area contributed by atoms with E-state index >= 15 is 0 Å². The Morgan fingerprint density at radius 2 is 2.09 bits per heavy atom. The average Bonchev–Trinajstić information content (AvgIpc) is 3.27. The molecule has 0 radical (unpaired) electrons. The summed E-state index contributed by atoms with van der Waals surface area (Å²) in [5, 5.41) is 0. The van der Waals surface area contributed by atoms with Gasteiger partial charge in [-0.2, -0.15) is 0 Å². The van der Waals surface area contributed by atoms with Gasteiger partial charge < -0.3 is 9.47 Å². The molecule has 2 aliphatic rings. The summed E-state index contributed by atoms with van der Waals surface area (Å²) in [4.78, 5) is 18.8. The van der Waals surface area contributed by atoms with Crippen LogP contribution in [-0.2, 0) is 21.9 Å². The highest BCUT2D eigenvalue weighted by atomic mass is 32.2. The molecule has 2 heterocycles. The van der Waals surface area contributed by atoms with Crippen LogP contribution in [0, 0.1) is 5.92 Å². The molecule has 1 aromatic heterocycles. The van der Waals surface area contributed by atoms with Crippen LogP contribution < -0.4 is 4.72 Å². The number of amides is 1. The van der Waals surface area contributed by atoms with Gasteiger partial charge >= 0.3 is 0 Å². The lowest BCUT2D eigenvalue weighted by Gasteiger charge is -2.41. The summed E-state index contributed by atoms with van der Waals surface area (Å²) in [5.41, 5.74) is 0. The molecule has 0 spiro atoms. The van der Waals surface area contributed by atoms with Gasteiger partial charge in [0.2, 0.25) is 15.9 Å². The fraction of sp³-hybridized carbons (Fsp3) is 0.733. The van der Waals surface area contributed by atoms with Crippen LogP contribution in [0.5, 0.6) is 0 Å². The van der Waals surface area contributed by atoms with Crippen LogP contribution in [0.1, 0.15) is 44.5 Å². The monoisotopic (exact) mass is 340 g/mol. The maximum atomic E-state index is 12.4. The van der Waals surface area contributed by atoms with Crippen molar-refractivity contribution in [3.05, 3.63) is 18.2 Å². The highest BCUT2D eigenvalue weighted by molar-refractivity contribution is 7.89. The van der Waals surface area contributed by atoms with E-state index < -0.39 is 10.0 Å². The van der Waals surface area contributed by atoms with Crippen molar-refractivity contribution in [1.82, 2.24) is 19.2 Å². The standard InChI is InChI=1S/C15H24N4O3S/c1-3-23(21,22)17-10-11-4-7-13(20)19(12-5-6-12)14(11)15-16-8-9-18(15)2/h8-9,11-12,14,17H,3-7,10H2,1-2H3/t11-,14+/m1/s1. The number of carbonyl (C=O) groups is 1. The third-order valence-corrected chi connectivity index (χ3v) is 6.14. The lowest BCUT2D eigenvalue weighted by Crippen LogP contribution is -2.48. The number of piperidine rings is 1. The molecular weight excluding hydrogens is 316 g/mol. The highest BCUT2D eigenvalue weighted by Gasteiger charge is 2.45. The Bertz CT molecular complexity index is 681. The molecule has 1 N–H and O–H groups in total. The van der Waals surface area contributed by atoms with Gasteiger partial charge in [-0.3, -0.25) is 4.79 Å². The quantitative estimate of drug-likeness (QED) is 0.830. The van der Waals surface area contributed by atoms with Gasteiger partial charge in [0.25, 0.3) is 0 Å². The van der Waals surface area contributed by atoms with Crippen LogP contribution in [0.2, 0.25) is 0 Å². The van der Waals surface area contributed by atoms with Crippen LogP contribution in [0.15, 0.2) is 12.4 Å². The van der Waals surface area contributed by atoms with Gasteiger partial charge in [-0.05, 0) is 26.2 Å². The second-order valence-corrected chi connectivity index (χ2v) is 8.52. The van der Waals surface area contributed by atoms with Crippen LogP contribution in [0.25, 0.3) is 0 Å². The molecule has 1 saturated carbocycles. The molecule has 0 unspecified atom stereocenters. The van der Waals surface area contributed by atoms with Crippen LogP contribution in [-0.4, -0.2) is 47.1 Å². The Hall–Kier alpha value is -1.41. The van der Waals surface area contributed by atoms with Gasteiger partial charge in [0.1, 0.15) is 5.82 Å². The van der Waals surface area contributed by atoms with Crippen molar-refractivity contribution in [1.29, 1.82) is 0 Å².